The molecule has 1 aliphatic rings. The van der Waals surface area contributed by atoms with Crippen LogP contribution in [0.2, 0.25) is 0 Å². The molecule has 0 aromatic rings. The Morgan fingerprint density at radius 3 is 2.61 bits per heavy atom. The molecule has 7 nitrogen and oxygen atoms in total. The Balaban J connectivity index is 2.36. The Hall–Kier alpha value is -0.860. The van der Waals surface area contributed by atoms with E-state index < -0.39 is 21.9 Å². The first-order valence-electron chi connectivity index (χ1n) is 5.80. The van der Waals surface area contributed by atoms with Crippen LogP contribution in [0, 0.1) is 0 Å². The van der Waals surface area contributed by atoms with Crippen LogP contribution in [0.5, 0.6) is 0 Å². The largest absolute Gasteiger partial charge is 0.443 e. The van der Waals surface area contributed by atoms with Gasteiger partial charge in [-0.05, 0) is 33.6 Å². The molecule has 1 unspecified atom stereocenters. The minimum Gasteiger partial charge on any atom is -0.443 e. The maximum absolute atomic E-state index is 11.5. The fraction of sp³-hybridized carbons (Fsp3) is 0.900. The van der Waals surface area contributed by atoms with Crippen LogP contribution in [0.25, 0.3) is 0 Å². The Bertz CT molecular complexity index is 382. The maximum Gasteiger partial charge on any atom is 0.422 e. The number of hydrogen-bond donors (Lipinski definition) is 2. The van der Waals surface area contributed by atoms with Gasteiger partial charge in [0.05, 0.1) is 6.10 Å². The summed E-state index contributed by atoms with van der Waals surface area (Å²) in [5, 5.41) is 0. The van der Waals surface area contributed by atoms with E-state index in [-0.39, 0.29) is 12.6 Å². The Labute approximate surface area is 107 Å². The molecule has 18 heavy (non-hydrogen) atoms. The molecule has 1 fully saturated rings. The zero-order valence-corrected chi connectivity index (χ0v) is 11.7. The predicted octanol–water partition coefficient (Wildman–Crippen LogP) is 0.524. The van der Waals surface area contributed by atoms with Gasteiger partial charge in [0.2, 0.25) is 0 Å². The number of nitrogens with one attached hydrogen (secondary N) is 2. The van der Waals surface area contributed by atoms with E-state index in [9.17, 15) is 13.2 Å². The van der Waals surface area contributed by atoms with E-state index in [1.54, 1.807) is 25.5 Å². The summed E-state index contributed by atoms with van der Waals surface area (Å²) < 4.78 is 37.2. The van der Waals surface area contributed by atoms with Crippen molar-refractivity contribution in [1.29, 1.82) is 0 Å². The van der Waals surface area contributed by atoms with Crippen molar-refractivity contribution >= 4 is 16.3 Å². The SMILES string of the molecule is CC(C)(C)OC(=O)NS(=O)(=O)NCC1CCCO1. The first-order chi connectivity index (χ1) is 8.18. The molecule has 106 valence electrons. The Morgan fingerprint density at radius 2 is 2.11 bits per heavy atom. The quantitative estimate of drug-likeness (QED) is 0.783. The smallest absolute Gasteiger partial charge is 0.422 e. The molecular formula is C10H20N2O5S. The molecule has 1 saturated heterocycles. The van der Waals surface area contributed by atoms with E-state index in [1.807, 2.05) is 0 Å². The highest BCUT2D eigenvalue weighted by atomic mass is 32.2. The zero-order valence-electron chi connectivity index (χ0n) is 10.9. The number of hydrogen-bond acceptors (Lipinski definition) is 5. The third-order valence-corrected chi connectivity index (χ3v) is 3.12. The standard InChI is InChI=1S/C10H20N2O5S/c1-10(2,3)17-9(13)12-18(14,15)11-7-8-5-4-6-16-8/h8,11H,4-7H2,1-3H3,(H,12,13). The van der Waals surface area contributed by atoms with Crippen molar-refractivity contribution in [3.8, 4) is 0 Å². The minimum absolute atomic E-state index is 0.125. The lowest BCUT2D eigenvalue weighted by molar-refractivity contribution is 0.0569. The average Bonchev–Trinajstić information content (AvgIpc) is 2.62. The summed E-state index contributed by atoms with van der Waals surface area (Å²) in [6.07, 6.45) is 0.614. The first-order valence-corrected chi connectivity index (χ1v) is 7.28. The fourth-order valence-electron chi connectivity index (χ4n) is 1.45. The van der Waals surface area contributed by atoms with Crippen LogP contribution >= 0.6 is 0 Å². The van der Waals surface area contributed by atoms with Gasteiger partial charge in [0.1, 0.15) is 5.60 Å². The number of ether oxygens (including phenoxy) is 2. The zero-order chi connectivity index (χ0) is 13.8. The fourth-order valence-corrected chi connectivity index (χ4v) is 2.19. The number of carbonyl (C=O) groups excluding carboxylic acids is 1. The van der Waals surface area contributed by atoms with Crippen LogP contribution in [0.15, 0.2) is 0 Å². The summed E-state index contributed by atoms with van der Waals surface area (Å²) in [6.45, 7) is 5.75. The highest BCUT2D eigenvalue weighted by Gasteiger charge is 2.23. The second-order valence-corrected chi connectivity index (χ2v) is 6.59. The highest BCUT2D eigenvalue weighted by Crippen LogP contribution is 2.11. The van der Waals surface area contributed by atoms with Gasteiger partial charge >= 0.3 is 16.3 Å². The van der Waals surface area contributed by atoms with Gasteiger partial charge in [0.15, 0.2) is 0 Å². The maximum atomic E-state index is 11.5. The number of rotatable bonds is 4. The topological polar surface area (TPSA) is 93.7 Å². The predicted molar refractivity (Wildman–Crippen MR) is 65.3 cm³/mol. The molecule has 1 rings (SSSR count). The van der Waals surface area contributed by atoms with Crippen molar-refractivity contribution in [2.45, 2.75) is 45.3 Å². The third-order valence-electron chi connectivity index (χ3n) is 2.14. The molecule has 2 N–H and O–H groups in total. The molecule has 0 aromatic heterocycles. The lowest BCUT2D eigenvalue weighted by atomic mass is 10.2. The molecule has 8 heteroatoms. The second-order valence-electron chi connectivity index (χ2n) is 5.09. The van der Waals surface area contributed by atoms with E-state index in [1.165, 1.54) is 0 Å². The van der Waals surface area contributed by atoms with Crippen LogP contribution in [-0.4, -0.2) is 39.4 Å². The van der Waals surface area contributed by atoms with E-state index in [0.29, 0.717) is 6.61 Å². The van der Waals surface area contributed by atoms with Crippen LogP contribution in [0.3, 0.4) is 0 Å². The van der Waals surface area contributed by atoms with Crippen LogP contribution in [0.1, 0.15) is 33.6 Å². The molecule has 0 radical (unpaired) electrons. The van der Waals surface area contributed by atoms with Gasteiger partial charge < -0.3 is 9.47 Å². The summed E-state index contributed by atoms with van der Waals surface area (Å²) in [5.41, 5.74) is -0.742. The van der Waals surface area contributed by atoms with Crippen molar-refractivity contribution in [2.75, 3.05) is 13.2 Å². The molecule has 0 aromatic carbocycles. The molecule has 1 amide bonds. The molecule has 0 spiro atoms. The van der Waals surface area contributed by atoms with Crippen molar-refractivity contribution in [2.24, 2.45) is 0 Å². The summed E-state index contributed by atoms with van der Waals surface area (Å²) in [6, 6.07) is 0. The van der Waals surface area contributed by atoms with Gasteiger partial charge in [-0.3, -0.25) is 0 Å². The molecule has 0 saturated carbocycles. The highest BCUT2D eigenvalue weighted by molar-refractivity contribution is 7.88. The Morgan fingerprint density at radius 1 is 1.44 bits per heavy atom. The number of amides is 1. The summed E-state index contributed by atoms with van der Waals surface area (Å²) in [5.74, 6) is 0. The molecule has 1 atom stereocenters. The summed E-state index contributed by atoms with van der Waals surface area (Å²) in [7, 11) is -3.90. The van der Waals surface area contributed by atoms with Gasteiger partial charge in [0.25, 0.3) is 0 Å². The second kappa shape index (κ2) is 5.85. The lowest BCUT2D eigenvalue weighted by Gasteiger charge is -2.20. The molecular weight excluding hydrogens is 260 g/mol. The molecule has 1 aliphatic heterocycles. The van der Waals surface area contributed by atoms with E-state index in [4.69, 9.17) is 9.47 Å². The van der Waals surface area contributed by atoms with Crippen molar-refractivity contribution in [3.63, 3.8) is 0 Å². The Kier molecular flexibility index (Phi) is 4.94. The van der Waals surface area contributed by atoms with Gasteiger partial charge in [-0.15, -0.1) is 0 Å². The van der Waals surface area contributed by atoms with Crippen molar-refractivity contribution < 1.29 is 22.7 Å². The molecule has 0 bridgehead atoms. The monoisotopic (exact) mass is 280 g/mol. The van der Waals surface area contributed by atoms with Gasteiger partial charge in [-0.25, -0.2) is 9.52 Å². The molecule has 0 aliphatic carbocycles. The average molecular weight is 280 g/mol. The summed E-state index contributed by atoms with van der Waals surface area (Å²) in [4.78, 5) is 11.3. The van der Waals surface area contributed by atoms with E-state index in [2.05, 4.69) is 4.72 Å². The van der Waals surface area contributed by atoms with Gasteiger partial charge in [0, 0.05) is 13.2 Å². The van der Waals surface area contributed by atoms with Crippen molar-refractivity contribution in [3.05, 3.63) is 0 Å². The van der Waals surface area contributed by atoms with Crippen LogP contribution in [0.4, 0.5) is 4.79 Å². The van der Waals surface area contributed by atoms with Gasteiger partial charge in [-0.1, -0.05) is 0 Å². The van der Waals surface area contributed by atoms with Crippen molar-refractivity contribution in [1.82, 2.24) is 9.44 Å². The molecule has 1 heterocycles. The summed E-state index contributed by atoms with van der Waals surface area (Å²) >= 11 is 0. The van der Waals surface area contributed by atoms with E-state index in [0.717, 1.165) is 12.8 Å². The van der Waals surface area contributed by atoms with E-state index >= 15 is 0 Å². The minimum atomic E-state index is -3.90. The van der Waals surface area contributed by atoms with Crippen LogP contribution in [-0.2, 0) is 19.7 Å². The number of carbonyl (C=O) groups is 1. The third kappa shape index (κ3) is 6.18. The van der Waals surface area contributed by atoms with Gasteiger partial charge in [-0.2, -0.15) is 13.1 Å². The first kappa shape index (κ1) is 15.2. The van der Waals surface area contributed by atoms with Crippen LogP contribution < -0.4 is 9.44 Å². The lowest BCUT2D eigenvalue weighted by Crippen LogP contribution is -2.44. The normalized spacial score (nSPS) is 20.7.